The molecule has 0 unspecified atom stereocenters. The van der Waals surface area contributed by atoms with Crippen molar-refractivity contribution in [1.29, 1.82) is 0 Å². The van der Waals surface area contributed by atoms with E-state index in [1.807, 2.05) is 18.2 Å². The largest absolute Gasteiger partial charge is 0.353 e. The van der Waals surface area contributed by atoms with E-state index in [0.29, 0.717) is 17.7 Å². The predicted molar refractivity (Wildman–Crippen MR) is 81.5 cm³/mol. The van der Waals surface area contributed by atoms with Gasteiger partial charge in [0.15, 0.2) is 0 Å². The first-order valence-corrected chi connectivity index (χ1v) is 8.54. The maximum Gasteiger partial charge on any atom is 0.230 e. The molecule has 3 rings (SSSR count). The molecule has 1 aromatic rings. The van der Waals surface area contributed by atoms with Gasteiger partial charge >= 0.3 is 0 Å². The van der Waals surface area contributed by atoms with Crippen molar-refractivity contribution in [3.63, 3.8) is 0 Å². The van der Waals surface area contributed by atoms with Crippen molar-refractivity contribution >= 4 is 17.7 Å². The summed E-state index contributed by atoms with van der Waals surface area (Å²) in [5.41, 5.74) is 0. The maximum absolute atomic E-state index is 12.0. The summed E-state index contributed by atoms with van der Waals surface area (Å²) in [6, 6.07) is 6.10. The highest BCUT2D eigenvalue weighted by molar-refractivity contribution is 7.99. The Bertz CT molecular complexity index is 465. The number of amides is 1. The molecule has 4 atom stereocenters. The van der Waals surface area contributed by atoms with Crippen LogP contribution < -0.4 is 5.32 Å². The molecule has 1 heterocycles. The lowest BCUT2D eigenvalue weighted by molar-refractivity contribution is -0.119. The van der Waals surface area contributed by atoms with Crippen molar-refractivity contribution in [1.82, 2.24) is 10.3 Å². The molecule has 1 amide bonds. The highest BCUT2D eigenvalue weighted by atomic mass is 32.2. The van der Waals surface area contributed by atoms with E-state index in [4.69, 9.17) is 0 Å². The molecule has 2 aliphatic rings. The summed E-state index contributed by atoms with van der Waals surface area (Å²) < 4.78 is 0. The number of fused-ring (bicyclic) bond motifs is 2. The lowest BCUT2D eigenvalue weighted by Gasteiger charge is -2.28. The van der Waals surface area contributed by atoms with Crippen LogP contribution in [0.5, 0.6) is 0 Å². The minimum absolute atomic E-state index is 0.135. The van der Waals surface area contributed by atoms with Gasteiger partial charge in [0.05, 0.1) is 10.8 Å². The Morgan fingerprint density at radius 3 is 3.00 bits per heavy atom. The van der Waals surface area contributed by atoms with E-state index in [-0.39, 0.29) is 5.91 Å². The molecule has 108 valence electrons. The zero-order valence-electron chi connectivity index (χ0n) is 11.9. The Balaban J connectivity index is 1.44. The van der Waals surface area contributed by atoms with Gasteiger partial charge in [-0.2, -0.15) is 0 Å². The third-order valence-corrected chi connectivity index (χ3v) is 5.76. The van der Waals surface area contributed by atoms with Crippen LogP contribution in [0.3, 0.4) is 0 Å². The Kier molecular flexibility index (Phi) is 4.29. The van der Waals surface area contributed by atoms with Gasteiger partial charge in [0.25, 0.3) is 0 Å². The van der Waals surface area contributed by atoms with E-state index < -0.39 is 0 Å². The molecular formula is C16H22N2OS. The number of thioether (sulfide) groups is 1. The number of nitrogens with one attached hydrogen (secondary N) is 1. The summed E-state index contributed by atoms with van der Waals surface area (Å²) in [6.07, 6.45) is 7.26. The van der Waals surface area contributed by atoms with Crippen LogP contribution in [0.4, 0.5) is 0 Å². The van der Waals surface area contributed by atoms with E-state index in [9.17, 15) is 4.79 Å². The van der Waals surface area contributed by atoms with Crippen LogP contribution >= 0.6 is 11.8 Å². The topological polar surface area (TPSA) is 42.0 Å². The molecule has 2 aliphatic carbocycles. The van der Waals surface area contributed by atoms with Crippen molar-refractivity contribution in [3.05, 3.63) is 24.4 Å². The molecule has 1 aromatic heterocycles. The number of nitrogens with zero attached hydrogens (tertiary/aromatic N) is 1. The fraction of sp³-hybridized carbons (Fsp3) is 0.625. The van der Waals surface area contributed by atoms with Crippen molar-refractivity contribution < 1.29 is 4.79 Å². The van der Waals surface area contributed by atoms with Crippen molar-refractivity contribution in [3.8, 4) is 0 Å². The molecule has 0 aromatic carbocycles. The van der Waals surface area contributed by atoms with Gasteiger partial charge in [-0.05, 0) is 56.1 Å². The molecule has 0 aliphatic heterocycles. The summed E-state index contributed by atoms with van der Waals surface area (Å²) in [4.78, 5) is 16.3. The highest BCUT2D eigenvalue weighted by Gasteiger charge is 2.42. The molecule has 0 radical (unpaired) electrons. The second-order valence-corrected chi connectivity index (χ2v) is 7.15. The standard InChI is InChI=1S/C16H22N2OS/c1-11(14-9-12-5-6-13(14)8-12)18-15(19)10-20-16-4-2-3-7-17-16/h2-4,7,11-14H,5-6,8-10H2,1H3,(H,18,19)/t11-,12+,13+,14-/m1/s1. The van der Waals surface area contributed by atoms with E-state index >= 15 is 0 Å². The highest BCUT2D eigenvalue weighted by Crippen LogP contribution is 2.49. The Morgan fingerprint density at radius 2 is 2.35 bits per heavy atom. The fourth-order valence-corrected chi connectivity index (χ4v) is 4.55. The van der Waals surface area contributed by atoms with Crippen LogP contribution in [0.25, 0.3) is 0 Å². The first kappa shape index (κ1) is 13.9. The number of hydrogen-bond acceptors (Lipinski definition) is 3. The molecule has 20 heavy (non-hydrogen) atoms. The predicted octanol–water partition coefficient (Wildman–Crippen LogP) is 3.11. The monoisotopic (exact) mass is 290 g/mol. The Labute approximate surface area is 124 Å². The summed E-state index contributed by atoms with van der Waals surface area (Å²) in [5, 5.41) is 4.10. The summed E-state index contributed by atoms with van der Waals surface area (Å²) >= 11 is 1.51. The van der Waals surface area contributed by atoms with Crippen LogP contribution in [0.2, 0.25) is 0 Å². The van der Waals surface area contributed by atoms with E-state index in [1.54, 1.807) is 6.20 Å². The average Bonchev–Trinajstić information content (AvgIpc) is 3.09. The third-order valence-electron chi connectivity index (χ3n) is 4.81. The molecule has 3 nitrogen and oxygen atoms in total. The van der Waals surface area contributed by atoms with Gasteiger partial charge < -0.3 is 5.32 Å². The second-order valence-electron chi connectivity index (χ2n) is 6.15. The van der Waals surface area contributed by atoms with Crippen LogP contribution in [0, 0.1) is 17.8 Å². The van der Waals surface area contributed by atoms with Crippen LogP contribution in [-0.4, -0.2) is 22.7 Å². The number of rotatable bonds is 5. The second kappa shape index (κ2) is 6.17. The van der Waals surface area contributed by atoms with Crippen molar-refractivity contribution in [2.45, 2.75) is 43.7 Å². The van der Waals surface area contributed by atoms with Crippen molar-refractivity contribution in [2.24, 2.45) is 17.8 Å². The number of aromatic nitrogens is 1. The Hall–Kier alpha value is -1.03. The smallest absolute Gasteiger partial charge is 0.230 e. The van der Waals surface area contributed by atoms with Gasteiger partial charge in [-0.3, -0.25) is 4.79 Å². The van der Waals surface area contributed by atoms with Crippen LogP contribution in [0.1, 0.15) is 32.6 Å². The Morgan fingerprint density at radius 1 is 1.45 bits per heavy atom. The van der Waals surface area contributed by atoms with Gasteiger partial charge in [0.1, 0.15) is 0 Å². The minimum atomic E-state index is 0.135. The third kappa shape index (κ3) is 3.17. The van der Waals surface area contributed by atoms with Gasteiger partial charge in [-0.15, -0.1) is 0 Å². The molecule has 2 fully saturated rings. The lowest BCUT2D eigenvalue weighted by Crippen LogP contribution is -2.40. The summed E-state index contributed by atoms with van der Waals surface area (Å²) in [7, 11) is 0. The molecule has 0 spiro atoms. The molecule has 0 saturated heterocycles. The van der Waals surface area contributed by atoms with E-state index in [0.717, 1.165) is 16.9 Å². The normalized spacial score (nSPS) is 29.4. The number of hydrogen-bond donors (Lipinski definition) is 1. The fourth-order valence-electron chi connectivity index (χ4n) is 3.88. The molecule has 2 saturated carbocycles. The molecule has 1 N–H and O–H groups in total. The SMILES string of the molecule is C[C@@H](NC(=O)CSc1ccccn1)[C@H]1C[C@H]2CC[C@H]1C2. The van der Waals surface area contributed by atoms with Crippen molar-refractivity contribution in [2.75, 3.05) is 5.75 Å². The number of carbonyl (C=O) groups excluding carboxylic acids is 1. The lowest BCUT2D eigenvalue weighted by atomic mass is 9.84. The molecular weight excluding hydrogens is 268 g/mol. The quantitative estimate of drug-likeness (QED) is 0.847. The van der Waals surface area contributed by atoms with Gasteiger partial charge in [0, 0.05) is 12.2 Å². The maximum atomic E-state index is 12.0. The van der Waals surface area contributed by atoms with Gasteiger partial charge in [-0.1, -0.05) is 24.2 Å². The van der Waals surface area contributed by atoms with E-state index in [2.05, 4.69) is 17.2 Å². The van der Waals surface area contributed by atoms with Gasteiger partial charge in [0.2, 0.25) is 5.91 Å². The minimum Gasteiger partial charge on any atom is -0.353 e. The van der Waals surface area contributed by atoms with Gasteiger partial charge in [-0.25, -0.2) is 4.98 Å². The average molecular weight is 290 g/mol. The number of pyridine rings is 1. The van der Waals surface area contributed by atoms with Crippen LogP contribution in [-0.2, 0) is 4.79 Å². The zero-order chi connectivity index (χ0) is 13.9. The molecule has 4 heteroatoms. The molecule has 2 bridgehead atoms. The first-order valence-electron chi connectivity index (χ1n) is 7.55. The zero-order valence-corrected chi connectivity index (χ0v) is 12.7. The summed E-state index contributed by atoms with van der Waals surface area (Å²) in [6.45, 7) is 2.18. The first-order chi connectivity index (χ1) is 9.72. The van der Waals surface area contributed by atoms with E-state index in [1.165, 1.54) is 37.4 Å². The van der Waals surface area contributed by atoms with Crippen LogP contribution in [0.15, 0.2) is 29.4 Å². The number of carbonyl (C=O) groups is 1. The summed E-state index contributed by atoms with van der Waals surface area (Å²) in [5.74, 6) is 3.10.